The zero-order chi connectivity index (χ0) is 18.4. The predicted octanol–water partition coefficient (Wildman–Crippen LogP) is 2.76. The second-order valence-corrected chi connectivity index (χ2v) is 7.16. The third-order valence-electron chi connectivity index (χ3n) is 4.94. The van der Waals surface area contributed by atoms with Gasteiger partial charge in [0.15, 0.2) is 5.65 Å². The van der Waals surface area contributed by atoms with Gasteiger partial charge in [0.25, 0.3) is 5.91 Å². The fraction of sp³-hybridized carbons (Fsp3) is 0.300. The number of aromatic nitrogens is 5. The number of aryl methyl sites for hydroxylation is 1. The van der Waals surface area contributed by atoms with Crippen LogP contribution in [0.1, 0.15) is 46.3 Å². The van der Waals surface area contributed by atoms with Crippen LogP contribution in [0.15, 0.2) is 36.5 Å². The van der Waals surface area contributed by atoms with Crippen LogP contribution in [0.3, 0.4) is 0 Å². The first-order chi connectivity index (χ1) is 13.2. The third-order valence-corrected chi connectivity index (χ3v) is 4.94. The molecule has 0 atom stereocenters. The van der Waals surface area contributed by atoms with Gasteiger partial charge < -0.3 is 10.3 Å². The number of pyridine rings is 1. The molecule has 0 spiro atoms. The van der Waals surface area contributed by atoms with E-state index < -0.39 is 0 Å². The van der Waals surface area contributed by atoms with Crippen LogP contribution in [0.2, 0.25) is 0 Å². The summed E-state index contributed by atoms with van der Waals surface area (Å²) in [5.41, 5.74) is 4.17. The monoisotopic (exact) mass is 360 g/mol. The summed E-state index contributed by atoms with van der Waals surface area (Å²) in [5.74, 6) is 2.18. The zero-order valence-corrected chi connectivity index (χ0v) is 15.1. The summed E-state index contributed by atoms with van der Waals surface area (Å²) in [6.45, 7) is 2.49. The molecule has 27 heavy (non-hydrogen) atoms. The first kappa shape index (κ1) is 16.0. The lowest BCUT2D eigenvalue weighted by Gasteiger charge is -2.07. The molecule has 0 unspecified atom stereocenters. The molecule has 7 nitrogen and oxygen atoms in total. The van der Waals surface area contributed by atoms with Crippen LogP contribution in [-0.4, -0.2) is 37.0 Å². The minimum Gasteiger partial charge on any atom is -0.351 e. The summed E-state index contributed by atoms with van der Waals surface area (Å²) in [6.07, 6.45) is 4.94. The Hall–Kier alpha value is -3.22. The molecule has 0 bridgehead atoms. The lowest BCUT2D eigenvalue weighted by molar-refractivity contribution is 0.0955. The van der Waals surface area contributed by atoms with Gasteiger partial charge in [-0.15, -0.1) is 10.2 Å². The Kier molecular flexibility index (Phi) is 3.67. The van der Waals surface area contributed by atoms with E-state index in [0.29, 0.717) is 30.1 Å². The van der Waals surface area contributed by atoms with Crippen molar-refractivity contribution in [2.45, 2.75) is 32.1 Å². The van der Waals surface area contributed by atoms with E-state index in [0.717, 1.165) is 41.1 Å². The van der Waals surface area contributed by atoms with E-state index in [9.17, 15) is 4.79 Å². The van der Waals surface area contributed by atoms with E-state index in [1.165, 1.54) is 0 Å². The van der Waals surface area contributed by atoms with Crippen LogP contribution in [-0.2, 0) is 6.42 Å². The van der Waals surface area contributed by atoms with Crippen molar-refractivity contribution in [2.75, 3.05) is 6.54 Å². The number of hydrogen-bond acceptors (Lipinski definition) is 4. The number of nitrogens with one attached hydrogen (secondary N) is 2. The lowest BCUT2D eigenvalue weighted by atomic mass is 10.2. The zero-order valence-electron chi connectivity index (χ0n) is 15.1. The van der Waals surface area contributed by atoms with E-state index >= 15 is 0 Å². The van der Waals surface area contributed by atoms with E-state index in [-0.39, 0.29) is 5.91 Å². The lowest BCUT2D eigenvalue weighted by Crippen LogP contribution is -2.26. The van der Waals surface area contributed by atoms with Gasteiger partial charge in [-0.05, 0) is 43.5 Å². The Balaban J connectivity index is 1.33. The third kappa shape index (κ3) is 2.95. The Bertz CT molecular complexity index is 1120. The molecular weight excluding hydrogens is 340 g/mol. The molecule has 1 amide bonds. The number of imidazole rings is 1. The predicted molar refractivity (Wildman–Crippen MR) is 102 cm³/mol. The Morgan fingerprint density at radius 1 is 1.30 bits per heavy atom. The van der Waals surface area contributed by atoms with E-state index in [1.54, 1.807) is 0 Å². The molecule has 3 aromatic heterocycles. The Morgan fingerprint density at radius 3 is 2.96 bits per heavy atom. The highest BCUT2D eigenvalue weighted by Gasteiger charge is 2.29. The molecular formula is C20H20N6O. The smallest absolute Gasteiger partial charge is 0.255 e. The van der Waals surface area contributed by atoms with Gasteiger partial charge in [0.2, 0.25) is 0 Å². The summed E-state index contributed by atoms with van der Waals surface area (Å²) in [5, 5.41) is 11.6. The highest BCUT2D eigenvalue weighted by molar-refractivity contribution is 6.00. The largest absolute Gasteiger partial charge is 0.351 e. The molecule has 5 rings (SSSR count). The molecule has 1 aromatic carbocycles. The van der Waals surface area contributed by atoms with Gasteiger partial charge in [-0.2, -0.15) is 0 Å². The molecule has 1 aliphatic rings. The molecule has 1 saturated carbocycles. The van der Waals surface area contributed by atoms with Gasteiger partial charge in [0, 0.05) is 25.1 Å². The molecule has 136 valence electrons. The second kappa shape index (κ2) is 6.19. The number of aromatic amines is 1. The number of benzene rings is 1. The standard InChI is InChI=1S/C20H20N6O/c1-12-10-14(19-25-24-18(13-6-7-13)26(19)11-12)20(27)21-9-8-17-22-15-4-2-3-5-16(15)23-17/h2-5,10-11,13H,6-9H2,1H3,(H,21,27)(H,22,23). The first-order valence-corrected chi connectivity index (χ1v) is 9.26. The molecule has 4 aromatic rings. The van der Waals surface area contributed by atoms with E-state index in [4.69, 9.17) is 0 Å². The molecule has 0 radical (unpaired) electrons. The van der Waals surface area contributed by atoms with Crippen molar-refractivity contribution in [1.29, 1.82) is 0 Å². The first-order valence-electron chi connectivity index (χ1n) is 9.26. The molecule has 3 heterocycles. The fourth-order valence-corrected chi connectivity index (χ4v) is 3.45. The quantitative estimate of drug-likeness (QED) is 0.573. The molecule has 1 fully saturated rings. The van der Waals surface area contributed by atoms with Crippen molar-refractivity contribution in [2.24, 2.45) is 0 Å². The summed E-state index contributed by atoms with van der Waals surface area (Å²) in [6, 6.07) is 9.78. The molecule has 0 saturated heterocycles. The molecule has 0 aliphatic heterocycles. The Morgan fingerprint density at radius 2 is 2.15 bits per heavy atom. The summed E-state index contributed by atoms with van der Waals surface area (Å²) in [7, 11) is 0. The maximum absolute atomic E-state index is 12.7. The van der Waals surface area contributed by atoms with Crippen molar-refractivity contribution in [1.82, 2.24) is 29.9 Å². The van der Waals surface area contributed by atoms with Crippen LogP contribution in [0.4, 0.5) is 0 Å². The van der Waals surface area contributed by atoms with Crippen molar-refractivity contribution < 1.29 is 4.79 Å². The van der Waals surface area contributed by atoms with Crippen molar-refractivity contribution in [3.63, 3.8) is 0 Å². The normalized spacial score (nSPS) is 14.1. The number of fused-ring (bicyclic) bond motifs is 2. The van der Waals surface area contributed by atoms with Crippen molar-refractivity contribution in [3.8, 4) is 0 Å². The van der Waals surface area contributed by atoms with Crippen LogP contribution >= 0.6 is 0 Å². The fourth-order valence-electron chi connectivity index (χ4n) is 3.45. The van der Waals surface area contributed by atoms with Crippen LogP contribution in [0.25, 0.3) is 16.7 Å². The topological polar surface area (TPSA) is 88.0 Å². The van der Waals surface area contributed by atoms with Gasteiger partial charge in [0.05, 0.1) is 16.6 Å². The summed E-state index contributed by atoms with van der Waals surface area (Å²) < 4.78 is 1.97. The maximum atomic E-state index is 12.7. The Labute approximate surface area is 155 Å². The number of H-pyrrole nitrogens is 1. The van der Waals surface area contributed by atoms with E-state index in [1.807, 2.05) is 47.9 Å². The van der Waals surface area contributed by atoms with Gasteiger partial charge in [0.1, 0.15) is 11.6 Å². The highest BCUT2D eigenvalue weighted by Crippen LogP contribution is 2.39. The number of rotatable bonds is 5. The SMILES string of the molecule is Cc1cc(C(=O)NCCc2nc3ccccc3[nH]2)c2nnc(C3CC3)n2c1. The molecule has 7 heteroatoms. The van der Waals surface area contributed by atoms with Crippen molar-refractivity contribution >= 4 is 22.6 Å². The van der Waals surface area contributed by atoms with Gasteiger partial charge >= 0.3 is 0 Å². The number of carbonyl (C=O) groups is 1. The number of para-hydroxylation sites is 2. The highest BCUT2D eigenvalue weighted by atomic mass is 16.1. The second-order valence-electron chi connectivity index (χ2n) is 7.16. The number of hydrogen-bond donors (Lipinski definition) is 2. The van der Waals surface area contributed by atoms with Crippen LogP contribution in [0, 0.1) is 6.92 Å². The van der Waals surface area contributed by atoms with Crippen LogP contribution < -0.4 is 5.32 Å². The minimum absolute atomic E-state index is 0.130. The van der Waals surface area contributed by atoms with Gasteiger partial charge in [-0.3, -0.25) is 9.20 Å². The summed E-state index contributed by atoms with van der Waals surface area (Å²) in [4.78, 5) is 20.6. The average Bonchev–Trinajstić information content (AvgIpc) is 3.28. The molecule has 1 aliphatic carbocycles. The van der Waals surface area contributed by atoms with E-state index in [2.05, 4.69) is 25.5 Å². The number of nitrogens with zero attached hydrogens (tertiary/aromatic N) is 4. The average molecular weight is 360 g/mol. The molecule has 2 N–H and O–H groups in total. The number of amides is 1. The number of carbonyl (C=O) groups excluding carboxylic acids is 1. The van der Waals surface area contributed by atoms with Crippen molar-refractivity contribution in [3.05, 3.63) is 59.3 Å². The van der Waals surface area contributed by atoms with Gasteiger partial charge in [-0.1, -0.05) is 12.1 Å². The minimum atomic E-state index is -0.130. The summed E-state index contributed by atoms with van der Waals surface area (Å²) >= 11 is 0. The van der Waals surface area contributed by atoms with Gasteiger partial charge in [-0.25, -0.2) is 4.98 Å². The van der Waals surface area contributed by atoms with Crippen LogP contribution in [0.5, 0.6) is 0 Å². The maximum Gasteiger partial charge on any atom is 0.255 e.